The topological polar surface area (TPSA) is 62.5 Å². The molecule has 63 heavy (non-hydrogen) atoms. The van der Waals surface area contributed by atoms with Gasteiger partial charge in [0.2, 0.25) is 0 Å². The van der Waals surface area contributed by atoms with E-state index in [1.165, 1.54) is 0 Å². The van der Waals surface area contributed by atoms with Crippen molar-refractivity contribution in [1.29, 1.82) is 5.26 Å². The van der Waals surface area contributed by atoms with Gasteiger partial charge in [0.15, 0.2) is 17.5 Å². The molecule has 0 amide bonds. The molecule has 4 nitrogen and oxygen atoms in total. The SMILES string of the molecule is N#Cc1cccc2c1-c1ccc(-c3ccc(-c4nc(-c5ccc(-c6ccccc6)cc5)nc(-c5ccc(-c6ccccc6)cc5)n4)cc3)cc1C2(c1ccccc1)c1ccccc1. The Morgan fingerprint density at radius 2 is 0.683 bits per heavy atom. The number of rotatable bonds is 8. The predicted molar refractivity (Wildman–Crippen MR) is 254 cm³/mol. The molecule has 0 atom stereocenters. The van der Waals surface area contributed by atoms with Crippen LogP contribution >= 0.6 is 0 Å². The van der Waals surface area contributed by atoms with Gasteiger partial charge in [-0.05, 0) is 73.3 Å². The van der Waals surface area contributed by atoms with Crippen LogP contribution in [0.4, 0.5) is 0 Å². The van der Waals surface area contributed by atoms with Crippen molar-refractivity contribution >= 4 is 0 Å². The normalized spacial score (nSPS) is 12.2. The second-order valence-electron chi connectivity index (χ2n) is 15.9. The van der Waals surface area contributed by atoms with Crippen LogP contribution in [-0.4, -0.2) is 15.0 Å². The summed E-state index contributed by atoms with van der Waals surface area (Å²) >= 11 is 0. The van der Waals surface area contributed by atoms with Gasteiger partial charge in [0.25, 0.3) is 0 Å². The number of fused-ring (bicyclic) bond motifs is 3. The lowest BCUT2D eigenvalue weighted by atomic mass is 9.67. The molecule has 0 bridgehead atoms. The van der Waals surface area contributed by atoms with E-state index in [2.05, 4.69) is 212 Å². The molecule has 10 aromatic rings. The summed E-state index contributed by atoms with van der Waals surface area (Å²) in [6.07, 6.45) is 0. The van der Waals surface area contributed by atoms with Gasteiger partial charge in [0.1, 0.15) is 0 Å². The number of hydrogen-bond acceptors (Lipinski definition) is 4. The molecule has 11 rings (SSSR count). The van der Waals surface area contributed by atoms with Crippen LogP contribution in [0, 0.1) is 11.3 Å². The third kappa shape index (κ3) is 6.61. The maximum absolute atomic E-state index is 10.4. The van der Waals surface area contributed by atoms with Gasteiger partial charge in [-0.25, -0.2) is 15.0 Å². The summed E-state index contributed by atoms with van der Waals surface area (Å²) in [7, 11) is 0. The molecule has 1 heterocycles. The first kappa shape index (κ1) is 37.5. The molecular formula is C59H38N4. The second-order valence-corrected chi connectivity index (χ2v) is 15.9. The van der Waals surface area contributed by atoms with Crippen LogP contribution in [0.2, 0.25) is 0 Å². The van der Waals surface area contributed by atoms with Gasteiger partial charge >= 0.3 is 0 Å². The second kappa shape index (κ2) is 15.8. The Kier molecular flexibility index (Phi) is 9.41. The number of aromatic nitrogens is 3. The van der Waals surface area contributed by atoms with Gasteiger partial charge < -0.3 is 0 Å². The quantitative estimate of drug-likeness (QED) is 0.153. The monoisotopic (exact) mass is 802 g/mol. The third-order valence-electron chi connectivity index (χ3n) is 12.3. The molecule has 0 spiro atoms. The third-order valence-corrected chi connectivity index (χ3v) is 12.3. The number of nitriles is 1. The van der Waals surface area contributed by atoms with E-state index in [4.69, 9.17) is 15.0 Å². The minimum Gasteiger partial charge on any atom is -0.208 e. The minimum atomic E-state index is -0.619. The first-order valence-corrected chi connectivity index (χ1v) is 21.2. The highest BCUT2D eigenvalue weighted by atomic mass is 15.0. The number of benzene rings is 9. The molecule has 0 unspecified atom stereocenters. The Morgan fingerprint density at radius 1 is 0.317 bits per heavy atom. The van der Waals surface area contributed by atoms with Crippen LogP contribution in [0.1, 0.15) is 27.8 Å². The van der Waals surface area contributed by atoms with Gasteiger partial charge in [0.05, 0.1) is 17.0 Å². The van der Waals surface area contributed by atoms with Crippen LogP contribution in [0.3, 0.4) is 0 Å². The van der Waals surface area contributed by atoms with E-state index in [9.17, 15) is 5.26 Å². The lowest BCUT2D eigenvalue weighted by molar-refractivity contribution is 0.768. The summed E-state index contributed by atoms with van der Waals surface area (Å²) in [6.45, 7) is 0. The summed E-state index contributed by atoms with van der Waals surface area (Å²) in [5.74, 6) is 1.82. The minimum absolute atomic E-state index is 0.599. The largest absolute Gasteiger partial charge is 0.208 e. The van der Waals surface area contributed by atoms with Gasteiger partial charge in [-0.1, -0.05) is 218 Å². The predicted octanol–water partition coefficient (Wildman–Crippen LogP) is 14.1. The van der Waals surface area contributed by atoms with E-state index in [-0.39, 0.29) is 0 Å². The fourth-order valence-electron chi connectivity index (χ4n) is 9.27. The zero-order chi connectivity index (χ0) is 42.2. The van der Waals surface area contributed by atoms with Crippen molar-refractivity contribution < 1.29 is 0 Å². The molecule has 1 aromatic heterocycles. The highest BCUT2D eigenvalue weighted by molar-refractivity contribution is 5.91. The molecule has 294 valence electrons. The molecule has 1 aliphatic carbocycles. The van der Waals surface area contributed by atoms with E-state index in [0.717, 1.165) is 83.5 Å². The van der Waals surface area contributed by atoms with Crippen molar-refractivity contribution in [3.63, 3.8) is 0 Å². The van der Waals surface area contributed by atoms with E-state index >= 15 is 0 Å². The van der Waals surface area contributed by atoms with Crippen LogP contribution in [0.15, 0.2) is 231 Å². The van der Waals surface area contributed by atoms with Gasteiger partial charge in [-0.2, -0.15) is 5.26 Å². The fourth-order valence-corrected chi connectivity index (χ4v) is 9.27. The highest BCUT2D eigenvalue weighted by Crippen LogP contribution is 2.57. The Balaban J connectivity index is 1.01. The first-order chi connectivity index (χ1) is 31.2. The molecular weight excluding hydrogens is 765 g/mol. The summed E-state index contributed by atoms with van der Waals surface area (Å²) in [5.41, 5.74) is 16.2. The van der Waals surface area contributed by atoms with Crippen LogP contribution in [0.5, 0.6) is 0 Å². The Morgan fingerprint density at radius 3 is 1.11 bits per heavy atom. The molecule has 0 fully saturated rings. The Hall–Kier alpha value is -8.52. The molecule has 4 heteroatoms. The molecule has 0 radical (unpaired) electrons. The van der Waals surface area contributed by atoms with Crippen molar-refractivity contribution in [1.82, 2.24) is 15.0 Å². The lowest BCUT2D eigenvalue weighted by Crippen LogP contribution is -2.28. The van der Waals surface area contributed by atoms with E-state index in [1.807, 2.05) is 24.3 Å². The van der Waals surface area contributed by atoms with Crippen LogP contribution in [0.25, 0.3) is 78.7 Å². The number of hydrogen-bond donors (Lipinski definition) is 0. The van der Waals surface area contributed by atoms with E-state index in [1.54, 1.807) is 0 Å². The van der Waals surface area contributed by atoms with Crippen molar-refractivity contribution in [3.8, 4) is 84.7 Å². The zero-order valence-electron chi connectivity index (χ0n) is 34.2. The zero-order valence-corrected chi connectivity index (χ0v) is 34.2. The first-order valence-electron chi connectivity index (χ1n) is 21.2. The van der Waals surface area contributed by atoms with Gasteiger partial charge in [-0.3, -0.25) is 0 Å². The molecule has 9 aromatic carbocycles. The maximum atomic E-state index is 10.4. The average molecular weight is 803 g/mol. The smallest absolute Gasteiger partial charge is 0.164 e. The molecule has 0 saturated carbocycles. The van der Waals surface area contributed by atoms with Crippen LogP contribution in [-0.2, 0) is 5.41 Å². The molecule has 1 aliphatic rings. The summed E-state index contributed by atoms with van der Waals surface area (Å²) in [4.78, 5) is 15.2. The van der Waals surface area contributed by atoms with E-state index < -0.39 is 5.41 Å². The van der Waals surface area contributed by atoms with Crippen LogP contribution < -0.4 is 0 Å². The van der Waals surface area contributed by atoms with Gasteiger partial charge in [0, 0.05) is 22.3 Å². The number of nitrogens with zero attached hydrogens (tertiary/aromatic N) is 4. The Labute approximate surface area is 367 Å². The summed E-state index contributed by atoms with van der Waals surface area (Å²) < 4.78 is 0. The van der Waals surface area contributed by atoms with Gasteiger partial charge in [-0.15, -0.1) is 0 Å². The molecule has 0 N–H and O–H groups in total. The summed E-state index contributed by atoms with van der Waals surface area (Å²) in [6, 6.07) is 82.8. The van der Waals surface area contributed by atoms with E-state index in [0.29, 0.717) is 23.0 Å². The molecule has 0 saturated heterocycles. The molecule has 0 aliphatic heterocycles. The Bertz CT molecular complexity index is 3150. The average Bonchev–Trinajstić information content (AvgIpc) is 3.68. The van der Waals surface area contributed by atoms with Crippen molar-refractivity contribution in [2.75, 3.05) is 0 Å². The lowest BCUT2D eigenvalue weighted by Gasteiger charge is -2.34. The van der Waals surface area contributed by atoms with Crippen molar-refractivity contribution in [2.24, 2.45) is 0 Å². The van der Waals surface area contributed by atoms with Crippen molar-refractivity contribution in [2.45, 2.75) is 5.41 Å². The maximum Gasteiger partial charge on any atom is 0.164 e. The van der Waals surface area contributed by atoms with Crippen molar-refractivity contribution in [3.05, 3.63) is 258 Å². The summed E-state index contributed by atoms with van der Waals surface area (Å²) in [5, 5.41) is 10.4. The highest BCUT2D eigenvalue weighted by Gasteiger charge is 2.47. The fraction of sp³-hybridized carbons (Fsp3) is 0.0169. The standard InChI is InChI=1S/C59H38N4/c60-39-49-18-13-23-53-55(49)52-37-36-48(38-54(52)59(53,50-19-9-3-10-20-50)51-21-11-4-12-22-51)44-28-34-47(35-29-44)58-62-56(45-30-24-42(25-31-45)40-14-5-1-6-15-40)61-57(63-58)46-32-26-43(27-33-46)41-16-7-2-8-17-41/h1-38H.